The van der Waals surface area contributed by atoms with Crippen LogP contribution in [0, 0.1) is 0 Å². The molecule has 7 heteroatoms. The van der Waals surface area contributed by atoms with Crippen molar-refractivity contribution in [3.8, 4) is 17.0 Å². The number of imidazole rings is 1. The highest BCUT2D eigenvalue weighted by atomic mass is 32.2. The van der Waals surface area contributed by atoms with Crippen molar-refractivity contribution in [1.82, 2.24) is 9.55 Å². The predicted molar refractivity (Wildman–Crippen MR) is 119 cm³/mol. The Bertz CT molecular complexity index is 984. The van der Waals surface area contributed by atoms with E-state index in [-0.39, 0.29) is 17.8 Å². The van der Waals surface area contributed by atoms with Gasteiger partial charge < -0.3 is 19.4 Å². The number of methoxy groups -OCH3 is 1. The van der Waals surface area contributed by atoms with E-state index in [4.69, 9.17) is 9.47 Å². The number of ether oxygens (including phenoxy) is 2. The lowest BCUT2D eigenvalue weighted by molar-refractivity contribution is -0.113. The van der Waals surface area contributed by atoms with E-state index >= 15 is 0 Å². The molecule has 1 unspecified atom stereocenters. The topological polar surface area (TPSA) is 65.4 Å². The molecule has 1 fully saturated rings. The van der Waals surface area contributed by atoms with Crippen LogP contribution in [0.1, 0.15) is 12.8 Å². The fourth-order valence-electron chi connectivity index (χ4n) is 3.55. The summed E-state index contributed by atoms with van der Waals surface area (Å²) in [5.74, 6) is 0.800. The summed E-state index contributed by atoms with van der Waals surface area (Å²) in [6, 6.07) is 17.6. The highest BCUT2D eigenvalue weighted by molar-refractivity contribution is 7.99. The van der Waals surface area contributed by atoms with Gasteiger partial charge >= 0.3 is 0 Å². The molecule has 2 heterocycles. The lowest BCUT2D eigenvalue weighted by atomic mass is 10.1. The van der Waals surface area contributed by atoms with E-state index in [1.165, 1.54) is 11.8 Å². The molecule has 1 atom stereocenters. The van der Waals surface area contributed by atoms with Gasteiger partial charge in [0, 0.05) is 6.61 Å². The van der Waals surface area contributed by atoms with E-state index in [1.54, 1.807) is 7.11 Å². The molecular weight excluding hydrogens is 398 g/mol. The van der Waals surface area contributed by atoms with Crippen molar-refractivity contribution in [3.63, 3.8) is 0 Å². The Kier molecular flexibility index (Phi) is 6.71. The number of nitrogens with one attached hydrogen (secondary N) is 1. The van der Waals surface area contributed by atoms with E-state index < -0.39 is 0 Å². The van der Waals surface area contributed by atoms with Gasteiger partial charge in [-0.2, -0.15) is 0 Å². The quantitative estimate of drug-likeness (QED) is 0.542. The van der Waals surface area contributed by atoms with Crippen molar-refractivity contribution < 1.29 is 14.3 Å². The number of thioether (sulfide) groups is 1. The molecule has 0 radical (unpaired) electrons. The molecule has 2 aromatic carbocycles. The monoisotopic (exact) mass is 423 g/mol. The molecular formula is C23H25N3O3S. The first kappa shape index (κ1) is 20.5. The lowest BCUT2D eigenvalue weighted by Crippen LogP contribution is -2.18. The van der Waals surface area contributed by atoms with Gasteiger partial charge in [0.05, 0.1) is 43.1 Å². The largest absolute Gasteiger partial charge is 0.495 e. The van der Waals surface area contributed by atoms with Crippen LogP contribution in [-0.2, 0) is 16.1 Å². The van der Waals surface area contributed by atoms with Crippen molar-refractivity contribution in [2.45, 2.75) is 30.6 Å². The molecule has 0 spiro atoms. The van der Waals surface area contributed by atoms with Gasteiger partial charge in [0.2, 0.25) is 5.91 Å². The van der Waals surface area contributed by atoms with Crippen molar-refractivity contribution in [2.24, 2.45) is 0 Å². The summed E-state index contributed by atoms with van der Waals surface area (Å²) >= 11 is 1.43. The van der Waals surface area contributed by atoms with Gasteiger partial charge in [-0.3, -0.25) is 4.79 Å². The second-order valence-electron chi connectivity index (χ2n) is 7.07. The standard InChI is InChI=1S/C23H25N3O3S/c1-28-21-12-6-5-11-19(21)25-22(27)16-30-23-24-14-20(17-8-3-2-4-9-17)26(23)15-18-10-7-13-29-18/h2-6,8-9,11-12,14,18H,7,10,13,15-16H2,1H3,(H,25,27). The molecule has 1 aromatic heterocycles. The summed E-state index contributed by atoms with van der Waals surface area (Å²) in [7, 11) is 1.59. The normalized spacial score (nSPS) is 15.8. The first-order valence-corrected chi connectivity index (χ1v) is 11.0. The molecule has 6 nitrogen and oxygen atoms in total. The highest BCUT2D eigenvalue weighted by Crippen LogP contribution is 2.29. The summed E-state index contributed by atoms with van der Waals surface area (Å²) in [5, 5.41) is 3.74. The summed E-state index contributed by atoms with van der Waals surface area (Å²) in [6.45, 7) is 1.55. The number of hydrogen-bond donors (Lipinski definition) is 1. The minimum absolute atomic E-state index is 0.0996. The number of carbonyl (C=O) groups is 1. The van der Waals surface area contributed by atoms with Crippen molar-refractivity contribution in [2.75, 3.05) is 24.8 Å². The number of carbonyl (C=O) groups excluding carboxylic acids is 1. The van der Waals surface area contributed by atoms with Crippen molar-refractivity contribution in [1.29, 1.82) is 0 Å². The highest BCUT2D eigenvalue weighted by Gasteiger charge is 2.21. The molecule has 1 saturated heterocycles. The number of para-hydroxylation sites is 2. The van der Waals surface area contributed by atoms with Crippen molar-refractivity contribution >= 4 is 23.4 Å². The molecule has 1 amide bonds. The average Bonchev–Trinajstić information content (AvgIpc) is 3.44. The van der Waals surface area contributed by atoms with E-state index in [9.17, 15) is 4.79 Å². The van der Waals surface area contributed by atoms with E-state index in [0.717, 1.165) is 42.4 Å². The Balaban J connectivity index is 1.49. The summed E-state index contributed by atoms with van der Waals surface area (Å²) in [6.07, 6.45) is 4.20. The Labute approximate surface area is 180 Å². The predicted octanol–water partition coefficient (Wildman–Crippen LogP) is 4.47. The van der Waals surface area contributed by atoms with E-state index in [0.29, 0.717) is 11.4 Å². The van der Waals surface area contributed by atoms with Crippen LogP contribution < -0.4 is 10.1 Å². The summed E-state index contributed by atoms with van der Waals surface area (Å²) in [4.78, 5) is 17.2. The second-order valence-corrected chi connectivity index (χ2v) is 8.02. The molecule has 30 heavy (non-hydrogen) atoms. The second kappa shape index (κ2) is 9.82. The maximum Gasteiger partial charge on any atom is 0.234 e. The third kappa shape index (κ3) is 4.86. The number of amides is 1. The van der Waals surface area contributed by atoms with Crippen molar-refractivity contribution in [3.05, 3.63) is 60.8 Å². The number of benzene rings is 2. The van der Waals surface area contributed by atoms with Gasteiger partial charge in [-0.25, -0.2) is 4.98 Å². The van der Waals surface area contributed by atoms with Crippen LogP contribution in [0.25, 0.3) is 11.3 Å². The number of aromatic nitrogens is 2. The van der Waals surface area contributed by atoms with Crippen LogP contribution in [0.2, 0.25) is 0 Å². The van der Waals surface area contributed by atoms with Gasteiger partial charge in [0.1, 0.15) is 5.75 Å². The Morgan fingerprint density at radius 2 is 2.03 bits per heavy atom. The zero-order chi connectivity index (χ0) is 20.8. The average molecular weight is 424 g/mol. The summed E-state index contributed by atoms with van der Waals surface area (Å²) in [5.41, 5.74) is 2.81. The third-order valence-electron chi connectivity index (χ3n) is 5.01. The first-order valence-electron chi connectivity index (χ1n) is 10.0. The lowest BCUT2D eigenvalue weighted by Gasteiger charge is -2.16. The van der Waals surface area contributed by atoms with Crippen LogP contribution in [0.5, 0.6) is 5.75 Å². The third-order valence-corrected chi connectivity index (χ3v) is 6.00. The molecule has 1 aliphatic heterocycles. The fourth-order valence-corrected chi connectivity index (χ4v) is 4.33. The smallest absolute Gasteiger partial charge is 0.234 e. The molecule has 4 rings (SSSR count). The SMILES string of the molecule is COc1ccccc1NC(=O)CSc1ncc(-c2ccccc2)n1CC1CCCO1. The summed E-state index contributed by atoms with van der Waals surface area (Å²) < 4.78 is 13.3. The zero-order valence-electron chi connectivity index (χ0n) is 16.9. The minimum atomic E-state index is -0.0996. The first-order chi connectivity index (χ1) is 14.7. The Hall–Kier alpha value is -2.77. The number of hydrogen-bond acceptors (Lipinski definition) is 5. The molecule has 1 N–H and O–H groups in total. The van der Waals surface area contributed by atoms with Crippen LogP contribution in [0.15, 0.2) is 66.0 Å². The molecule has 3 aromatic rings. The van der Waals surface area contributed by atoms with Gasteiger partial charge in [-0.15, -0.1) is 0 Å². The Morgan fingerprint density at radius 1 is 1.23 bits per heavy atom. The van der Waals surface area contributed by atoms with Crippen LogP contribution >= 0.6 is 11.8 Å². The molecule has 1 aliphatic rings. The number of nitrogens with zero attached hydrogens (tertiary/aromatic N) is 2. The van der Waals surface area contributed by atoms with Gasteiger partial charge in [0.25, 0.3) is 0 Å². The van der Waals surface area contributed by atoms with Gasteiger partial charge in [0.15, 0.2) is 5.16 Å². The fraction of sp³-hybridized carbons (Fsp3) is 0.304. The maximum absolute atomic E-state index is 12.5. The van der Waals surface area contributed by atoms with E-state index in [1.807, 2.05) is 48.7 Å². The maximum atomic E-state index is 12.5. The molecule has 0 bridgehead atoms. The van der Waals surface area contributed by atoms with Crippen LogP contribution in [0.3, 0.4) is 0 Å². The molecule has 156 valence electrons. The van der Waals surface area contributed by atoms with Crippen LogP contribution in [0.4, 0.5) is 5.69 Å². The number of anilines is 1. The van der Waals surface area contributed by atoms with Crippen LogP contribution in [-0.4, -0.2) is 41.0 Å². The molecule has 0 aliphatic carbocycles. The Morgan fingerprint density at radius 3 is 2.80 bits per heavy atom. The van der Waals surface area contributed by atoms with Gasteiger partial charge in [-0.1, -0.05) is 54.2 Å². The number of rotatable bonds is 8. The van der Waals surface area contributed by atoms with E-state index in [2.05, 4.69) is 27.0 Å². The van der Waals surface area contributed by atoms with Gasteiger partial charge in [-0.05, 0) is 30.5 Å². The zero-order valence-corrected chi connectivity index (χ0v) is 17.7. The molecule has 0 saturated carbocycles. The minimum Gasteiger partial charge on any atom is -0.495 e.